The molecule has 1 aromatic rings. The molecule has 0 amide bonds. The van der Waals surface area contributed by atoms with Crippen LogP contribution in [-0.2, 0) is 6.54 Å². The molecule has 1 N–H and O–H groups in total. The van der Waals surface area contributed by atoms with Crippen LogP contribution in [0.1, 0.15) is 36.3 Å². The maximum absolute atomic E-state index is 10.8. The lowest BCUT2D eigenvalue weighted by Gasteiger charge is -2.22. The van der Waals surface area contributed by atoms with Gasteiger partial charge in [0.05, 0.1) is 11.3 Å². The Balaban J connectivity index is 1.95. The molecular formula is C14H20N2O2S. The van der Waals surface area contributed by atoms with Crippen molar-refractivity contribution in [2.24, 2.45) is 0 Å². The van der Waals surface area contributed by atoms with Crippen LogP contribution in [0.5, 0.6) is 0 Å². The molecule has 0 aromatic carbocycles. The van der Waals surface area contributed by atoms with Crippen molar-refractivity contribution in [2.75, 3.05) is 18.8 Å². The van der Waals surface area contributed by atoms with Crippen molar-refractivity contribution in [1.82, 2.24) is 9.88 Å². The van der Waals surface area contributed by atoms with E-state index < -0.39 is 5.97 Å². The van der Waals surface area contributed by atoms with Crippen LogP contribution in [0.2, 0.25) is 0 Å². The topological polar surface area (TPSA) is 53.4 Å². The Morgan fingerprint density at radius 2 is 2.26 bits per heavy atom. The van der Waals surface area contributed by atoms with E-state index in [1.807, 2.05) is 17.8 Å². The van der Waals surface area contributed by atoms with E-state index in [4.69, 9.17) is 5.11 Å². The fraction of sp³-hybridized carbons (Fsp3) is 0.571. The van der Waals surface area contributed by atoms with Gasteiger partial charge in [-0.05, 0) is 25.1 Å². The van der Waals surface area contributed by atoms with E-state index in [0.717, 1.165) is 31.1 Å². The van der Waals surface area contributed by atoms with Gasteiger partial charge < -0.3 is 5.11 Å². The molecule has 1 aromatic heterocycles. The first-order valence-corrected chi connectivity index (χ1v) is 7.49. The fourth-order valence-electron chi connectivity index (χ4n) is 2.09. The number of carbonyl (C=O) groups is 1. The number of pyridine rings is 1. The minimum atomic E-state index is -0.924. The Hall–Kier alpha value is -1.07. The molecule has 1 aliphatic heterocycles. The third-order valence-corrected chi connectivity index (χ3v) is 4.76. The van der Waals surface area contributed by atoms with Crippen molar-refractivity contribution in [3.8, 4) is 0 Å². The standard InChI is InChI=1S/C14H20N2O2S/c1-14(2)5-6-16(7-8-19-14)10-12-4-3-11(9-15-12)13(17)18/h3-4,9H,5-8,10H2,1-2H3,(H,17,18). The van der Waals surface area contributed by atoms with E-state index in [9.17, 15) is 4.79 Å². The average Bonchev–Trinajstić information content (AvgIpc) is 2.52. The molecule has 1 fully saturated rings. The van der Waals surface area contributed by atoms with Gasteiger partial charge in [-0.2, -0.15) is 11.8 Å². The largest absolute Gasteiger partial charge is 0.478 e. The van der Waals surface area contributed by atoms with E-state index in [1.165, 1.54) is 12.6 Å². The van der Waals surface area contributed by atoms with Gasteiger partial charge in [-0.3, -0.25) is 9.88 Å². The van der Waals surface area contributed by atoms with E-state index in [1.54, 1.807) is 6.07 Å². The third-order valence-electron chi connectivity index (χ3n) is 3.39. The molecule has 1 aliphatic rings. The summed E-state index contributed by atoms with van der Waals surface area (Å²) in [5.74, 6) is 0.215. The second-order valence-corrected chi connectivity index (χ2v) is 7.28. The molecule has 2 rings (SSSR count). The number of carboxylic acids is 1. The lowest BCUT2D eigenvalue weighted by Crippen LogP contribution is -2.27. The zero-order valence-electron chi connectivity index (χ0n) is 11.4. The van der Waals surface area contributed by atoms with Crippen LogP contribution in [-0.4, -0.2) is 44.5 Å². The highest BCUT2D eigenvalue weighted by molar-refractivity contribution is 8.00. The Kier molecular flexibility index (Phi) is 4.47. The molecular weight excluding hydrogens is 260 g/mol. The number of hydrogen-bond donors (Lipinski definition) is 1. The SMILES string of the molecule is CC1(C)CCN(Cc2ccc(C(=O)O)cn2)CCS1. The monoisotopic (exact) mass is 280 g/mol. The van der Waals surface area contributed by atoms with Crippen LogP contribution >= 0.6 is 11.8 Å². The fourth-order valence-corrected chi connectivity index (χ4v) is 3.23. The molecule has 0 unspecified atom stereocenters. The second kappa shape index (κ2) is 5.92. The van der Waals surface area contributed by atoms with Crippen molar-refractivity contribution < 1.29 is 9.90 Å². The minimum Gasteiger partial charge on any atom is -0.478 e. The van der Waals surface area contributed by atoms with E-state index in [-0.39, 0.29) is 5.56 Å². The number of rotatable bonds is 3. The quantitative estimate of drug-likeness (QED) is 0.922. The van der Waals surface area contributed by atoms with E-state index >= 15 is 0 Å². The smallest absolute Gasteiger partial charge is 0.337 e. The summed E-state index contributed by atoms with van der Waals surface area (Å²) in [6.07, 6.45) is 2.61. The third kappa shape index (κ3) is 4.21. The van der Waals surface area contributed by atoms with Crippen molar-refractivity contribution >= 4 is 17.7 Å². The highest BCUT2D eigenvalue weighted by atomic mass is 32.2. The van der Waals surface area contributed by atoms with Gasteiger partial charge >= 0.3 is 5.97 Å². The van der Waals surface area contributed by atoms with Gasteiger partial charge in [-0.1, -0.05) is 13.8 Å². The number of nitrogens with zero attached hydrogens (tertiary/aromatic N) is 2. The molecule has 5 heteroatoms. The molecule has 0 saturated carbocycles. The zero-order chi connectivity index (χ0) is 13.9. The van der Waals surface area contributed by atoms with Gasteiger partial charge in [0, 0.05) is 29.8 Å². The van der Waals surface area contributed by atoms with Crippen LogP contribution in [0.15, 0.2) is 18.3 Å². The lowest BCUT2D eigenvalue weighted by molar-refractivity contribution is 0.0696. The van der Waals surface area contributed by atoms with Crippen molar-refractivity contribution in [2.45, 2.75) is 31.6 Å². The predicted octanol–water partition coefficient (Wildman–Crippen LogP) is 2.50. The number of carboxylic acid groups (broad SMARTS) is 1. The summed E-state index contributed by atoms with van der Waals surface area (Å²) >= 11 is 2.02. The van der Waals surface area contributed by atoms with Crippen molar-refractivity contribution in [1.29, 1.82) is 0 Å². The van der Waals surface area contributed by atoms with Crippen LogP contribution in [0, 0.1) is 0 Å². The van der Waals surface area contributed by atoms with Crippen LogP contribution in [0.25, 0.3) is 0 Å². The van der Waals surface area contributed by atoms with Crippen LogP contribution < -0.4 is 0 Å². The summed E-state index contributed by atoms with van der Waals surface area (Å²) in [6.45, 7) is 7.53. The second-order valence-electron chi connectivity index (χ2n) is 5.48. The Morgan fingerprint density at radius 1 is 1.47 bits per heavy atom. The summed E-state index contributed by atoms with van der Waals surface area (Å²) in [6, 6.07) is 3.44. The summed E-state index contributed by atoms with van der Waals surface area (Å²) in [5.41, 5.74) is 1.19. The minimum absolute atomic E-state index is 0.247. The number of aromatic carboxylic acids is 1. The zero-order valence-corrected chi connectivity index (χ0v) is 12.2. The number of aromatic nitrogens is 1. The molecule has 0 radical (unpaired) electrons. The predicted molar refractivity (Wildman–Crippen MR) is 77.6 cm³/mol. The first-order chi connectivity index (χ1) is 8.96. The van der Waals surface area contributed by atoms with Crippen molar-refractivity contribution in [3.05, 3.63) is 29.6 Å². The Bertz CT molecular complexity index is 445. The average molecular weight is 280 g/mol. The highest BCUT2D eigenvalue weighted by Gasteiger charge is 2.23. The molecule has 0 aliphatic carbocycles. The molecule has 2 heterocycles. The molecule has 1 saturated heterocycles. The molecule has 0 spiro atoms. The summed E-state index contributed by atoms with van der Waals surface area (Å²) in [7, 11) is 0. The molecule has 104 valence electrons. The van der Waals surface area contributed by atoms with Gasteiger partial charge in [-0.15, -0.1) is 0 Å². The molecule has 0 atom stereocenters. The van der Waals surface area contributed by atoms with Crippen molar-refractivity contribution in [3.63, 3.8) is 0 Å². The van der Waals surface area contributed by atoms with Gasteiger partial charge in [0.2, 0.25) is 0 Å². The molecule has 4 nitrogen and oxygen atoms in total. The lowest BCUT2D eigenvalue weighted by atomic mass is 10.1. The maximum Gasteiger partial charge on any atom is 0.337 e. The normalized spacial score (nSPS) is 19.9. The van der Waals surface area contributed by atoms with Crippen LogP contribution in [0.4, 0.5) is 0 Å². The maximum atomic E-state index is 10.8. The Labute approximate surface area is 118 Å². The number of hydrogen-bond acceptors (Lipinski definition) is 4. The van der Waals surface area contributed by atoms with Crippen LogP contribution in [0.3, 0.4) is 0 Å². The molecule has 19 heavy (non-hydrogen) atoms. The summed E-state index contributed by atoms with van der Waals surface area (Å²) in [4.78, 5) is 17.4. The first-order valence-electron chi connectivity index (χ1n) is 6.51. The van der Waals surface area contributed by atoms with Gasteiger partial charge in [0.25, 0.3) is 0 Å². The highest BCUT2D eigenvalue weighted by Crippen LogP contribution is 2.30. The van der Waals surface area contributed by atoms with Gasteiger partial charge in [0.1, 0.15) is 0 Å². The summed E-state index contributed by atoms with van der Waals surface area (Å²) < 4.78 is 0.356. The first kappa shape index (κ1) is 14.3. The number of thioether (sulfide) groups is 1. The van der Waals surface area contributed by atoms with E-state index in [2.05, 4.69) is 23.7 Å². The Morgan fingerprint density at radius 3 is 2.89 bits per heavy atom. The van der Waals surface area contributed by atoms with E-state index in [0.29, 0.717) is 4.75 Å². The molecule has 0 bridgehead atoms. The summed E-state index contributed by atoms with van der Waals surface area (Å²) in [5, 5.41) is 8.84. The van der Waals surface area contributed by atoms with Gasteiger partial charge in [-0.25, -0.2) is 4.79 Å². The van der Waals surface area contributed by atoms with Gasteiger partial charge in [0.15, 0.2) is 0 Å².